The lowest BCUT2D eigenvalue weighted by molar-refractivity contribution is -0.163. The Kier molecular flexibility index (Phi) is 10.1. The topological polar surface area (TPSA) is 128 Å². The number of carbonyl (C=O) groups excluding carboxylic acids is 2. The van der Waals surface area contributed by atoms with Gasteiger partial charge >= 0.3 is 0 Å². The van der Waals surface area contributed by atoms with Crippen LogP contribution in [0.2, 0.25) is 0 Å². The second-order valence-electron chi connectivity index (χ2n) is 14.5. The van der Waals surface area contributed by atoms with E-state index in [2.05, 4.69) is 34.3 Å². The molecule has 12 heteroatoms. The number of aromatic amines is 1. The van der Waals surface area contributed by atoms with Gasteiger partial charge in [-0.3, -0.25) is 19.6 Å². The van der Waals surface area contributed by atoms with E-state index < -0.39 is 21.6 Å². The van der Waals surface area contributed by atoms with E-state index in [-0.39, 0.29) is 28.7 Å². The number of likely N-dealkylation sites (tertiary alicyclic amines) is 1. The maximum absolute atomic E-state index is 14.1. The van der Waals surface area contributed by atoms with Crippen molar-refractivity contribution in [1.29, 1.82) is 0 Å². The minimum Gasteiger partial charge on any atom is -0.379 e. The Balaban J connectivity index is 1.25. The normalized spacial score (nSPS) is 24.2. The predicted octanol–water partition coefficient (Wildman–Crippen LogP) is 3.92. The standard InChI is InChI=1S/C35H52N6O5S/c1-24(2)23-41-33(42)30(22-27-8-6-5-7-9-27)36-34(43)35(41)14-16-39(17-15-35)32(31-25(3)37-38-26(31)4)28-10-12-29(13-11-28)47(44,45)40-18-20-46-21-19-40/h10-13,24,27,30,32H,5-9,14-23H2,1-4H3,(H,36,43)(H,37,38). The van der Waals surface area contributed by atoms with Crippen molar-refractivity contribution in [3.63, 3.8) is 0 Å². The van der Waals surface area contributed by atoms with Crippen molar-refractivity contribution in [1.82, 2.24) is 29.6 Å². The van der Waals surface area contributed by atoms with Crippen molar-refractivity contribution in [2.45, 2.75) is 102 Å². The van der Waals surface area contributed by atoms with Gasteiger partial charge in [0.15, 0.2) is 0 Å². The number of amides is 2. The fraction of sp³-hybridized carbons (Fsp3) is 0.686. The van der Waals surface area contributed by atoms with E-state index in [4.69, 9.17) is 4.74 Å². The summed E-state index contributed by atoms with van der Waals surface area (Å²) in [6.45, 7) is 11.5. The molecule has 3 saturated heterocycles. The number of hydrogen-bond donors (Lipinski definition) is 2. The van der Waals surface area contributed by atoms with Gasteiger partial charge in [0.1, 0.15) is 11.6 Å². The van der Waals surface area contributed by atoms with Crippen molar-refractivity contribution in [3.8, 4) is 0 Å². The molecule has 4 aliphatic rings. The van der Waals surface area contributed by atoms with Crippen LogP contribution in [0.4, 0.5) is 0 Å². The Hall–Kier alpha value is -2.80. The molecule has 2 aromatic rings. The smallest absolute Gasteiger partial charge is 0.246 e. The molecule has 2 unspecified atom stereocenters. The summed E-state index contributed by atoms with van der Waals surface area (Å²) < 4.78 is 33.5. The van der Waals surface area contributed by atoms with Gasteiger partial charge in [0.05, 0.1) is 29.8 Å². The zero-order valence-corrected chi connectivity index (χ0v) is 29.3. The summed E-state index contributed by atoms with van der Waals surface area (Å²) in [5.74, 6) is 0.800. The third-order valence-corrected chi connectivity index (χ3v) is 12.8. The van der Waals surface area contributed by atoms with Gasteiger partial charge in [-0.2, -0.15) is 9.40 Å². The third-order valence-electron chi connectivity index (χ3n) is 10.9. The van der Waals surface area contributed by atoms with Gasteiger partial charge in [0.2, 0.25) is 21.8 Å². The molecule has 1 spiro atoms. The molecule has 258 valence electrons. The first-order valence-corrected chi connectivity index (χ1v) is 19.0. The fourth-order valence-corrected chi connectivity index (χ4v) is 9.76. The van der Waals surface area contributed by atoms with Gasteiger partial charge in [-0.05, 0) is 62.6 Å². The minimum atomic E-state index is -3.62. The van der Waals surface area contributed by atoms with Crippen LogP contribution in [0, 0.1) is 25.7 Å². The lowest BCUT2D eigenvalue weighted by atomic mass is 9.78. The molecule has 6 rings (SSSR count). The van der Waals surface area contributed by atoms with E-state index in [1.807, 2.05) is 30.9 Å². The number of morpholine rings is 1. The number of aryl methyl sites for hydroxylation is 2. The quantitative estimate of drug-likeness (QED) is 0.415. The third kappa shape index (κ3) is 6.75. The highest BCUT2D eigenvalue weighted by Crippen LogP contribution is 2.41. The molecule has 11 nitrogen and oxygen atoms in total. The van der Waals surface area contributed by atoms with Gasteiger partial charge in [-0.1, -0.05) is 58.1 Å². The summed E-state index contributed by atoms with van der Waals surface area (Å²) in [6, 6.07) is 6.59. The highest BCUT2D eigenvalue weighted by molar-refractivity contribution is 7.89. The second-order valence-corrected chi connectivity index (χ2v) is 16.4. The number of piperazine rings is 1. The summed E-state index contributed by atoms with van der Waals surface area (Å²) >= 11 is 0. The Bertz CT molecular complexity index is 1500. The number of hydrogen-bond acceptors (Lipinski definition) is 7. The maximum Gasteiger partial charge on any atom is 0.246 e. The first-order chi connectivity index (χ1) is 22.5. The molecule has 0 bridgehead atoms. The monoisotopic (exact) mass is 668 g/mol. The maximum atomic E-state index is 14.1. The highest BCUT2D eigenvalue weighted by Gasteiger charge is 2.54. The molecule has 2 atom stereocenters. The number of piperidine rings is 1. The van der Waals surface area contributed by atoms with Crippen LogP contribution >= 0.6 is 0 Å². The van der Waals surface area contributed by atoms with Gasteiger partial charge in [-0.15, -0.1) is 0 Å². The first kappa shape index (κ1) is 34.1. The van der Waals surface area contributed by atoms with Crippen molar-refractivity contribution in [3.05, 3.63) is 46.8 Å². The Morgan fingerprint density at radius 2 is 1.64 bits per heavy atom. The van der Waals surface area contributed by atoms with E-state index in [1.165, 1.54) is 23.6 Å². The van der Waals surface area contributed by atoms with Crippen LogP contribution in [0.25, 0.3) is 0 Å². The molecule has 1 aromatic heterocycles. The summed E-state index contributed by atoms with van der Waals surface area (Å²) in [5, 5.41) is 10.8. The van der Waals surface area contributed by atoms with E-state index in [9.17, 15) is 18.0 Å². The number of rotatable bonds is 9. The number of H-pyrrole nitrogens is 1. The number of nitrogens with one attached hydrogen (secondary N) is 2. The summed E-state index contributed by atoms with van der Waals surface area (Å²) in [4.78, 5) is 32.8. The summed E-state index contributed by atoms with van der Waals surface area (Å²) in [5.41, 5.74) is 2.98. The van der Waals surface area contributed by atoms with Crippen LogP contribution in [0.5, 0.6) is 0 Å². The predicted molar refractivity (Wildman–Crippen MR) is 179 cm³/mol. The molecule has 1 aromatic carbocycles. The SMILES string of the molecule is Cc1n[nH]c(C)c1C(c1ccc(S(=O)(=O)N2CCOCC2)cc1)N1CCC2(CC1)C(=O)NC(CC1CCCCC1)C(=O)N2CC(C)C. The van der Waals surface area contributed by atoms with Crippen molar-refractivity contribution in [2.75, 3.05) is 45.9 Å². The largest absolute Gasteiger partial charge is 0.379 e. The summed E-state index contributed by atoms with van der Waals surface area (Å²) in [6.07, 6.45) is 7.75. The van der Waals surface area contributed by atoms with Gasteiger partial charge < -0.3 is 15.0 Å². The second kappa shape index (κ2) is 14.0. The number of ether oxygens (including phenoxy) is 1. The highest BCUT2D eigenvalue weighted by atomic mass is 32.2. The molecule has 4 fully saturated rings. The van der Waals surface area contributed by atoms with E-state index in [1.54, 1.807) is 12.1 Å². The fourth-order valence-electron chi connectivity index (χ4n) is 8.35. The van der Waals surface area contributed by atoms with Crippen molar-refractivity contribution in [2.24, 2.45) is 11.8 Å². The van der Waals surface area contributed by atoms with Crippen LogP contribution in [-0.2, 0) is 24.3 Å². The number of benzene rings is 1. The lowest BCUT2D eigenvalue weighted by Gasteiger charge is -2.53. The number of sulfonamides is 1. The number of carbonyl (C=O) groups is 2. The van der Waals surface area contributed by atoms with E-state index in [0.29, 0.717) is 64.7 Å². The van der Waals surface area contributed by atoms with Crippen LogP contribution in [0.15, 0.2) is 29.2 Å². The Morgan fingerprint density at radius 3 is 2.23 bits per heavy atom. The van der Waals surface area contributed by atoms with E-state index >= 15 is 0 Å². The van der Waals surface area contributed by atoms with Crippen LogP contribution in [0.1, 0.15) is 93.8 Å². The average Bonchev–Trinajstić information content (AvgIpc) is 3.40. The molecule has 1 saturated carbocycles. The molecular formula is C35H52N6O5S. The van der Waals surface area contributed by atoms with Gasteiger partial charge in [-0.25, -0.2) is 8.42 Å². The minimum absolute atomic E-state index is 0.0110. The zero-order chi connectivity index (χ0) is 33.3. The van der Waals surface area contributed by atoms with E-state index in [0.717, 1.165) is 41.8 Å². The molecule has 1 aliphatic carbocycles. The molecular weight excluding hydrogens is 616 g/mol. The molecule has 2 N–H and O–H groups in total. The number of nitrogens with zero attached hydrogens (tertiary/aromatic N) is 4. The molecule has 2 amide bonds. The summed E-state index contributed by atoms with van der Waals surface area (Å²) in [7, 11) is -3.62. The van der Waals surface area contributed by atoms with Crippen molar-refractivity contribution < 1.29 is 22.7 Å². The number of aromatic nitrogens is 2. The molecule has 0 radical (unpaired) electrons. The van der Waals surface area contributed by atoms with Crippen LogP contribution < -0.4 is 5.32 Å². The Labute approximate surface area is 279 Å². The van der Waals surface area contributed by atoms with Crippen molar-refractivity contribution >= 4 is 21.8 Å². The molecule has 47 heavy (non-hydrogen) atoms. The first-order valence-electron chi connectivity index (χ1n) is 17.6. The van der Waals surface area contributed by atoms with Gasteiger partial charge in [0.25, 0.3) is 0 Å². The van der Waals surface area contributed by atoms with Crippen LogP contribution in [0.3, 0.4) is 0 Å². The Morgan fingerprint density at radius 1 is 0.979 bits per heavy atom. The molecule has 4 heterocycles. The lowest BCUT2D eigenvalue weighted by Crippen LogP contribution is -2.73. The van der Waals surface area contributed by atoms with Crippen LogP contribution in [-0.4, -0.2) is 102 Å². The average molecular weight is 669 g/mol. The zero-order valence-electron chi connectivity index (χ0n) is 28.5. The molecule has 3 aliphatic heterocycles. The van der Waals surface area contributed by atoms with Gasteiger partial charge in [0, 0.05) is 44.0 Å².